The number of amides is 1. The summed E-state index contributed by atoms with van der Waals surface area (Å²) in [6.45, 7) is 12.9. The standard InChI is InChI=1S/C25H33N7O3/c1-6-35-19-10-20(25-18(11-26)12-29-32(25)14-19)22(27-5)13-28-17(4)31-8-7-21(23(33)15-31)30-24(34)9-16(2)3/h10,12-14,16,21,23,33H,5-9,15H2,1-4H3,(H,30,34)/b22-13-,28-17?/t21-,23-/m0/s1. The summed E-state index contributed by atoms with van der Waals surface area (Å²) in [5.41, 5.74) is 2.09. The highest BCUT2D eigenvalue weighted by atomic mass is 16.5. The topological polar surface area (TPSA) is 128 Å². The van der Waals surface area contributed by atoms with E-state index in [1.807, 2.05) is 32.6 Å². The Morgan fingerprint density at radius 3 is 2.91 bits per heavy atom. The number of nitriles is 1. The predicted molar refractivity (Wildman–Crippen MR) is 135 cm³/mol. The van der Waals surface area contributed by atoms with E-state index in [-0.39, 0.29) is 17.9 Å². The number of β-amino-alcohol motifs (C(OH)–C–C–N with tert-alkyl or cyclic N) is 1. The molecule has 0 saturated carbocycles. The molecule has 2 aromatic heterocycles. The van der Waals surface area contributed by atoms with Gasteiger partial charge >= 0.3 is 0 Å². The normalized spacial score (nSPS) is 19.1. The molecule has 1 aliphatic rings. The molecule has 1 saturated heterocycles. The van der Waals surface area contributed by atoms with Crippen molar-refractivity contribution >= 4 is 29.7 Å². The lowest BCUT2D eigenvalue weighted by molar-refractivity contribution is -0.123. The van der Waals surface area contributed by atoms with Gasteiger partial charge in [-0.2, -0.15) is 10.4 Å². The van der Waals surface area contributed by atoms with E-state index in [9.17, 15) is 15.2 Å². The Morgan fingerprint density at radius 2 is 2.29 bits per heavy atom. The molecule has 1 fully saturated rings. The molecule has 0 bridgehead atoms. The molecule has 35 heavy (non-hydrogen) atoms. The molecule has 186 valence electrons. The fraction of sp³-hybridized carbons (Fsp3) is 0.480. The number of piperidine rings is 1. The minimum absolute atomic E-state index is 0.0373. The first-order chi connectivity index (χ1) is 16.8. The highest BCUT2D eigenvalue weighted by Gasteiger charge is 2.29. The monoisotopic (exact) mass is 479 g/mol. The molecule has 10 heteroatoms. The van der Waals surface area contributed by atoms with Crippen molar-refractivity contribution in [3.63, 3.8) is 0 Å². The number of carbonyl (C=O) groups is 1. The zero-order valence-corrected chi connectivity index (χ0v) is 20.7. The summed E-state index contributed by atoms with van der Waals surface area (Å²) in [6, 6.07) is 3.68. The van der Waals surface area contributed by atoms with Gasteiger partial charge in [0, 0.05) is 25.1 Å². The molecule has 3 heterocycles. The fourth-order valence-corrected chi connectivity index (χ4v) is 4.08. The van der Waals surface area contributed by atoms with Crippen molar-refractivity contribution in [3.8, 4) is 11.8 Å². The van der Waals surface area contributed by atoms with Crippen LogP contribution in [0.1, 0.15) is 51.7 Å². The van der Waals surface area contributed by atoms with Crippen LogP contribution in [-0.4, -0.2) is 69.9 Å². The van der Waals surface area contributed by atoms with Crippen LogP contribution in [0.3, 0.4) is 0 Å². The van der Waals surface area contributed by atoms with E-state index in [4.69, 9.17) is 4.74 Å². The number of carbonyl (C=O) groups excluding carboxylic acids is 1. The van der Waals surface area contributed by atoms with Gasteiger partial charge in [0.05, 0.1) is 54.1 Å². The Morgan fingerprint density at radius 1 is 1.51 bits per heavy atom. The maximum absolute atomic E-state index is 12.1. The summed E-state index contributed by atoms with van der Waals surface area (Å²) in [6.07, 6.45) is 5.16. The lowest BCUT2D eigenvalue weighted by Crippen LogP contribution is -2.55. The van der Waals surface area contributed by atoms with Crippen LogP contribution < -0.4 is 10.1 Å². The maximum atomic E-state index is 12.1. The van der Waals surface area contributed by atoms with Gasteiger partial charge in [-0.15, -0.1) is 0 Å². The third-order valence-electron chi connectivity index (χ3n) is 5.82. The van der Waals surface area contributed by atoms with Crippen molar-refractivity contribution in [3.05, 3.63) is 35.8 Å². The van der Waals surface area contributed by atoms with Crippen LogP contribution in [0, 0.1) is 17.2 Å². The molecule has 1 aliphatic heterocycles. The molecule has 0 aromatic carbocycles. The third kappa shape index (κ3) is 6.25. The van der Waals surface area contributed by atoms with E-state index in [0.717, 1.165) is 0 Å². The van der Waals surface area contributed by atoms with Crippen LogP contribution in [0.2, 0.25) is 0 Å². The van der Waals surface area contributed by atoms with Gasteiger partial charge in [0.25, 0.3) is 0 Å². The van der Waals surface area contributed by atoms with Gasteiger partial charge in [-0.3, -0.25) is 9.79 Å². The molecule has 2 aromatic rings. The van der Waals surface area contributed by atoms with Gasteiger partial charge in [0.1, 0.15) is 17.7 Å². The van der Waals surface area contributed by atoms with Gasteiger partial charge in [0.15, 0.2) is 0 Å². The molecule has 1 amide bonds. The molecular weight excluding hydrogens is 446 g/mol. The van der Waals surface area contributed by atoms with E-state index in [1.54, 1.807) is 23.0 Å². The lowest BCUT2D eigenvalue weighted by atomic mass is 10.0. The van der Waals surface area contributed by atoms with Gasteiger partial charge in [-0.25, -0.2) is 9.51 Å². The number of pyridine rings is 1. The summed E-state index contributed by atoms with van der Waals surface area (Å²) >= 11 is 0. The van der Waals surface area contributed by atoms with Crippen molar-refractivity contribution in [2.75, 3.05) is 19.7 Å². The highest BCUT2D eigenvalue weighted by Crippen LogP contribution is 2.28. The molecule has 0 aliphatic carbocycles. The Hall–Kier alpha value is -3.71. The summed E-state index contributed by atoms with van der Waals surface area (Å²) in [4.78, 5) is 22.8. The molecule has 3 rings (SSSR count). The van der Waals surface area contributed by atoms with Gasteiger partial charge < -0.3 is 20.1 Å². The number of amidine groups is 1. The molecule has 10 nitrogen and oxygen atoms in total. The second-order valence-corrected chi connectivity index (χ2v) is 8.91. The summed E-state index contributed by atoms with van der Waals surface area (Å²) in [7, 11) is 0. The van der Waals surface area contributed by atoms with Crippen LogP contribution in [-0.2, 0) is 4.79 Å². The molecule has 0 spiro atoms. The van der Waals surface area contributed by atoms with E-state index in [0.29, 0.717) is 66.5 Å². The number of likely N-dealkylation sites (tertiary alicyclic amines) is 1. The number of aliphatic imine (C=N–C) groups is 2. The van der Waals surface area contributed by atoms with E-state index >= 15 is 0 Å². The van der Waals surface area contributed by atoms with Crippen molar-refractivity contribution in [2.24, 2.45) is 15.9 Å². The van der Waals surface area contributed by atoms with Gasteiger partial charge in [-0.05, 0) is 39.0 Å². The molecule has 2 N–H and O–H groups in total. The van der Waals surface area contributed by atoms with Crippen LogP contribution in [0.25, 0.3) is 11.2 Å². The van der Waals surface area contributed by atoms with Crippen molar-refractivity contribution < 1.29 is 14.6 Å². The lowest BCUT2D eigenvalue weighted by Gasteiger charge is -2.37. The van der Waals surface area contributed by atoms with Crippen molar-refractivity contribution in [1.29, 1.82) is 5.26 Å². The highest BCUT2D eigenvalue weighted by molar-refractivity contribution is 5.86. The zero-order valence-electron chi connectivity index (χ0n) is 20.7. The molecular formula is C25H33N7O3. The van der Waals surface area contributed by atoms with E-state index < -0.39 is 6.10 Å². The van der Waals surface area contributed by atoms with E-state index in [2.05, 4.69) is 33.2 Å². The minimum atomic E-state index is -0.696. The number of nitrogens with zero attached hydrogens (tertiary/aromatic N) is 6. The Bertz CT molecular complexity index is 1180. The van der Waals surface area contributed by atoms with Crippen LogP contribution in [0.5, 0.6) is 5.75 Å². The second kappa shape index (κ2) is 11.6. The van der Waals surface area contributed by atoms with Crippen molar-refractivity contribution in [2.45, 2.75) is 52.7 Å². The Labute approximate surface area is 205 Å². The summed E-state index contributed by atoms with van der Waals surface area (Å²) in [5.74, 6) is 1.51. The molecule has 0 unspecified atom stereocenters. The average Bonchev–Trinajstić information content (AvgIpc) is 3.23. The first kappa shape index (κ1) is 25.9. The fourth-order valence-electron chi connectivity index (χ4n) is 4.08. The largest absolute Gasteiger partial charge is 0.492 e. The van der Waals surface area contributed by atoms with Gasteiger partial charge in [-0.1, -0.05) is 13.8 Å². The second-order valence-electron chi connectivity index (χ2n) is 8.91. The quantitative estimate of drug-likeness (QED) is 0.443. The number of hydrogen-bond donors (Lipinski definition) is 2. The maximum Gasteiger partial charge on any atom is 0.220 e. The number of hydrogen-bond acceptors (Lipinski definition) is 7. The number of aliphatic hydroxyl groups excluding tert-OH is 1. The smallest absolute Gasteiger partial charge is 0.220 e. The minimum Gasteiger partial charge on any atom is -0.492 e. The first-order valence-electron chi connectivity index (χ1n) is 11.8. The van der Waals surface area contributed by atoms with Crippen LogP contribution in [0.4, 0.5) is 0 Å². The van der Waals surface area contributed by atoms with Crippen LogP contribution >= 0.6 is 0 Å². The number of nitrogens with one attached hydrogen (secondary N) is 1. The first-order valence-corrected chi connectivity index (χ1v) is 11.8. The number of aromatic nitrogens is 2. The number of rotatable bonds is 8. The Kier molecular flexibility index (Phi) is 8.60. The molecule has 2 atom stereocenters. The molecule has 0 radical (unpaired) electrons. The predicted octanol–water partition coefficient (Wildman–Crippen LogP) is 2.62. The SMILES string of the molecule is C=N/C(=C\N=C(C)N1CC[C@H](NC(=O)CC(C)C)[C@@H](O)C1)c1cc(OCC)cn2ncc(C#N)c12. The van der Waals surface area contributed by atoms with Crippen LogP contribution in [0.15, 0.2) is 34.6 Å². The third-order valence-corrected chi connectivity index (χ3v) is 5.82. The summed E-state index contributed by atoms with van der Waals surface area (Å²) in [5, 5.41) is 27.3. The van der Waals surface area contributed by atoms with Crippen molar-refractivity contribution in [1.82, 2.24) is 19.8 Å². The number of ether oxygens (including phenoxy) is 1. The zero-order chi connectivity index (χ0) is 25.5. The van der Waals surface area contributed by atoms with Gasteiger partial charge in [0.2, 0.25) is 5.91 Å². The average molecular weight is 480 g/mol. The summed E-state index contributed by atoms with van der Waals surface area (Å²) < 4.78 is 7.23. The number of aliphatic hydroxyl groups is 1. The van der Waals surface area contributed by atoms with E-state index in [1.165, 1.54) is 6.20 Å². The Balaban J connectivity index is 1.81. The number of fused-ring (bicyclic) bond motifs is 1.